The summed E-state index contributed by atoms with van der Waals surface area (Å²) in [5.74, 6) is 1.98. The molecular weight excluding hydrogens is 360 g/mol. The molecule has 2 N–H and O–H groups in total. The molecule has 1 saturated heterocycles. The van der Waals surface area contributed by atoms with E-state index in [0.717, 1.165) is 43.8 Å². The Morgan fingerprint density at radius 3 is 2.82 bits per heavy atom. The summed E-state index contributed by atoms with van der Waals surface area (Å²) in [6.07, 6.45) is 0.787. The second-order valence-electron chi connectivity index (χ2n) is 7.55. The molecule has 0 amide bonds. The lowest BCUT2D eigenvalue weighted by molar-refractivity contribution is 0.0337. The van der Waals surface area contributed by atoms with E-state index in [9.17, 15) is 10.2 Å². The summed E-state index contributed by atoms with van der Waals surface area (Å²) in [5.41, 5.74) is 1.11. The number of aromatic nitrogens is 2. The second kappa shape index (κ2) is 9.97. The van der Waals surface area contributed by atoms with Crippen LogP contribution in [0.4, 0.5) is 0 Å². The van der Waals surface area contributed by atoms with Crippen LogP contribution in [0.25, 0.3) is 0 Å². The molecule has 0 spiro atoms. The number of aliphatic hydroxyl groups is 2. The van der Waals surface area contributed by atoms with Crippen molar-refractivity contribution in [3.63, 3.8) is 0 Å². The fourth-order valence-electron chi connectivity index (χ4n) is 3.38. The van der Waals surface area contributed by atoms with Crippen LogP contribution >= 0.6 is 0 Å². The van der Waals surface area contributed by atoms with Gasteiger partial charge in [-0.1, -0.05) is 17.3 Å². The smallest absolute Gasteiger partial charge is 0.240 e. The molecule has 28 heavy (non-hydrogen) atoms. The molecule has 2 heterocycles. The SMILES string of the molecule is Cc1noc(CN(C)Cc2cccc(OC[C@H](O)CN3CCC(O)CC3)c2)n1. The van der Waals surface area contributed by atoms with Gasteiger partial charge in [-0.25, -0.2) is 0 Å². The molecule has 0 bridgehead atoms. The Labute approximate surface area is 165 Å². The van der Waals surface area contributed by atoms with E-state index >= 15 is 0 Å². The van der Waals surface area contributed by atoms with Crippen molar-refractivity contribution < 1.29 is 19.5 Å². The molecule has 1 aromatic carbocycles. The van der Waals surface area contributed by atoms with Crippen molar-refractivity contribution in [2.75, 3.05) is 33.3 Å². The van der Waals surface area contributed by atoms with E-state index in [2.05, 4.69) is 19.9 Å². The van der Waals surface area contributed by atoms with E-state index < -0.39 is 6.10 Å². The van der Waals surface area contributed by atoms with Crippen LogP contribution in [-0.4, -0.2) is 75.7 Å². The Bertz CT molecular complexity index is 731. The summed E-state index contributed by atoms with van der Waals surface area (Å²) in [7, 11) is 1.99. The highest BCUT2D eigenvalue weighted by molar-refractivity contribution is 5.28. The second-order valence-corrected chi connectivity index (χ2v) is 7.55. The number of likely N-dealkylation sites (tertiary alicyclic amines) is 1. The van der Waals surface area contributed by atoms with Gasteiger partial charge in [0.25, 0.3) is 0 Å². The third-order valence-electron chi connectivity index (χ3n) is 4.79. The van der Waals surface area contributed by atoms with E-state index in [4.69, 9.17) is 9.26 Å². The Morgan fingerprint density at radius 2 is 2.11 bits per heavy atom. The summed E-state index contributed by atoms with van der Waals surface area (Å²) in [6, 6.07) is 7.88. The van der Waals surface area contributed by atoms with Crippen LogP contribution < -0.4 is 4.74 Å². The van der Waals surface area contributed by atoms with Crippen molar-refractivity contribution >= 4 is 0 Å². The van der Waals surface area contributed by atoms with Crippen LogP contribution in [0, 0.1) is 6.92 Å². The number of rotatable bonds is 9. The van der Waals surface area contributed by atoms with Crippen LogP contribution in [0.1, 0.15) is 30.1 Å². The maximum absolute atomic E-state index is 10.2. The Morgan fingerprint density at radius 1 is 1.32 bits per heavy atom. The van der Waals surface area contributed by atoms with Crippen LogP contribution in [0.5, 0.6) is 5.75 Å². The Balaban J connectivity index is 1.43. The largest absolute Gasteiger partial charge is 0.491 e. The zero-order valence-corrected chi connectivity index (χ0v) is 16.6. The predicted molar refractivity (Wildman–Crippen MR) is 104 cm³/mol. The van der Waals surface area contributed by atoms with E-state index in [-0.39, 0.29) is 12.7 Å². The minimum absolute atomic E-state index is 0.200. The number of aliphatic hydroxyl groups excluding tert-OH is 2. The van der Waals surface area contributed by atoms with Crippen molar-refractivity contribution in [1.29, 1.82) is 0 Å². The molecule has 8 heteroatoms. The molecule has 8 nitrogen and oxygen atoms in total. The van der Waals surface area contributed by atoms with Gasteiger partial charge in [-0.05, 0) is 44.5 Å². The standard InChI is InChI=1S/C20H30N4O4/c1-15-21-20(28-22-15)13-23(2)11-16-4-3-5-19(10-16)27-14-18(26)12-24-8-6-17(25)7-9-24/h3-5,10,17-18,25-26H,6-9,11-14H2,1-2H3/t18-/m1/s1. The summed E-state index contributed by atoms with van der Waals surface area (Å²) < 4.78 is 10.9. The number of aryl methyl sites for hydroxylation is 1. The Kier molecular flexibility index (Phi) is 7.38. The van der Waals surface area contributed by atoms with Crippen LogP contribution in [0.3, 0.4) is 0 Å². The lowest BCUT2D eigenvalue weighted by Crippen LogP contribution is -2.41. The summed E-state index contributed by atoms with van der Waals surface area (Å²) in [5, 5.41) is 23.6. The molecule has 1 aliphatic heterocycles. The Hall–Kier alpha value is -2.00. The minimum atomic E-state index is -0.553. The molecule has 1 aliphatic rings. The first kappa shape index (κ1) is 20.7. The fourth-order valence-corrected chi connectivity index (χ4v) is 3.38. The average Bonchev–Trinajstić information content (AvgIpc) is 3.07. The third kappa shape index (κ3) is 6.56. The van der Waals surface area contributed by atoms with Crippen molar-refractivity contribution in [3.05, 3.63) is 41.5 Å². The highest BCUT2D eigenvalue weighted by Crippen LogP contribution is 2.16. The van der Waals surface area contributed by atoms with Gasteiger partial charge in [-0.3, -0.25) is 4.90 Å². The summed E-state index contributed by atoms with van der Waals surface area (Å²) >= 11 is 0. The molecular formula is C20H30N4O4. The van der Waals surface area contributed by atoms with Gasteiger partial charge in [0.1, 0.15) is 18.5 Å². The van der Waals surface area contributed by atoms with Crippen molar-refractivity contribution in [2.45, 2.75) is 45.1 Å². The van der Waals surface area contributed by atoms with Gasteiger partial charge >= 0.3 is 0 Å². The monoisotopic (exact) mass is 390 g/mol. The maximum atomic E-state index is 10.2. The van der Waals surface area contributed by atoms with E-state index in [1.54, 1.807) is 6.92 Å². The predicted octanol–water partition coefficient (Wildman–Crippen LogP) is 1.21. The third-order valence-corrected chi connectivity index (χ3v) is 4.79. The highest BCUT2D eigenvalue weighted by atomic mass is 16.5. The number of hydrogen-bond acceptors (Lipinski definition) is 8. The molecule has 2 aromatic rings. The number of nitrogens with zero attached hydrogens (tertiary/aromatic N) is 4. The number of hydrogen-bond donors (Lipinski definition) is 2. The maximum Gasteiger partial charge on any atom is 0.240 e. The summed E-state index contributed by atoms with van der Waals surface area (Å²) in [4.78, 5) is 8.48. The first-order chi connectivity index (χ1) is 13.5. The zero-order chi connectivity index (χ0) is 19.9. The van der Waals surface area contributed by atoms with E-state index in [1.165, 1.54) is 0 Å². The molecule has 154 valence electrons. The molecule has 3 rings (SSSR count). The molecule has 0 unspecified atom stereocenters. The molecule has 1 fully saturated rings. The van der Waals surface area contributed by atoms with Gasteiger partial charge in [0.2, 0.25) is 5.89 Å². The first-order valence-corrected chi connectivity index (χ1v) is 9.76. The van der Waals surface area contributed by atoms with E-state index in [1.807, 2.05) is 31.3 Å². The molecule has 0 aliphatic carbocycles. The number of β-amino-alcohol motifs (C(OH)–C–C–N with tert-alkyl or cyclic N) is 1. The number of benzene rings is 1. The lowest BCUT2D eigenvalue weighted by atomic mass is 10.1. The van der Waals surface area contributed by atoms with Crippen molar-refractivity contribution in [2.24, 2.45) is 0 Å². The average molecular weight is 390 g/mol. The zero-order valence-electron chi connectivity index (χ0n) is 16.6. The molecule has 0 saturated carbocycles. The minimum Gasteiger partial charge on any atom is -0.491 e. The van der Waals surface area contributed by atoms with Crippen LogP contribution in [0.2, 0.25) is 0 Å². The highest BCUT2D eigenvalue weighted by Gasteiger charge is 2.19. The van der Waals surface area contributed by atoms with Crippen molar-refractivity contribution in [3.8, 4) is 5.75 Å². The van der Waals surface area contributed by atoms with Gasteiger partial charge in [-0.15, -0.1) is 0 Å². The van der Waals surface area contributed by atoms with Crippen LogP contribution in [0.15, 0.2) is 28.8 Å². The van der Waals surface area contributed by atoms with Gasteiger partial charge in [-0.2, -0.15) is 4.98 Å². The number of piperidine rings is 1. The normalized spacial score (nSPS) is 17.2. The molecule has 1 aromatic heterocycles. The van der Waals surface area contributed by atoms with E-state index in [0.29, 0.717) is 24.8 Å². The fraction of sp³-hybridized carbons (Fsp3) is 0.600. The van der Waals surface area contributed by atoms with Crippen LogP contribution in [-0.2, 0) is 13.1 Å². The summed E-state index contributed by atoms with van der Waals surface area (Å²) in [6.45, 7) is 5.56. The quantitative estimate of drug-likeness (QED) is 0.660. The van der Waals surface area contributed by atoms with Gasteiger partial charge in [0, 0.05) is 26.2 Å². The van der Waals surface area contributed by atoms with Crippen molar-refractivity contribution in [1.82, 2.24) is 19.9 Å². The van der Waals surface area contributed by atoms with Gasteiger partial charge in [0.05, 0.1) is 12.6 Å². The van der Waals surface area contributed by atoms with Gasteiger partial charge in [0.15, 0.2) is 5.82 Å². The van der Waals surface area contributed by atoms with Gasteiger partial charge < -0.3 is 24.4 Å². The lowest BCUT2D eigenvalue weighted by Gasteiger charge is -2.30. The first-order valence-electron chi connectivity index (χ1n) is 9.76. The molecule has 1 atom stereocenters. The number of ether oxygens (including phenoxy) is 1. The molecule has 0 radical (unpaired) electrons. The topological polar surface area (TPSA) is 95.1 Å².